The van der Waals surface area contributed by atoms with Gasteiger partial charge in [-0.2, -0.15) is 0 Å². The molecule has 0 atom stereocenters. The Hall–Kier alpha value is -2.70. The lowest BCUT2D eigenvalue weighted by atomic mass is 9.79. The van der Waals surface area contributed by atoms with Crippen molar-refractivity contribution >= 4 is 75.6 Å². The molecule has 4 aromatic carbocycles. The smallest absolute Gasteiger partial charge is 0.399 e. The third-order valence-corrected chi connectivity index (χ3v) is 9.43. The van der Waals surface area contributed by atoms with Crippen molar-refractivity contribution in [2.45, 2.75) is 38.9 Å². The fraction of sp³-hybridized carbons (Fsp3) is 0.200. The van der Waals surface area contributed by atoms with Gasteiger partial charge in [0, 0.05) is 40.3 Å². The van der Waals surface area contributed by atoms with Crippen LogP contribution in [0.25, 0.3) is 51.5 Å². The Balaban J connectivity index is 1.53. The summed E-state index contributed by atoms with van der Waals surface area (Å²) in [6.07, 6.45) is 0. The van der Waals surface area contributed by atoms with Crippen molar-refractivity contribution in [2.24, 2.45) is 0 Å². The third kappa shape index (κ3) is 3.22. The van der Waals surface area contributed by atoms with Gasteiger partial charge in [0.25, 0.3) is 0 Å². The van der Waals surface area contributed by atoms with E-state index in [1.807, 2.05) is 64.1 Å². The van der Waals surface area contributed by atoms with Gasteiger partial charge in [-0.25, -0.2) is 0 Å². The quantitative estimate of drug-likeness (QED) is 0.223. The van der Waals surface area contributed by atoms with E-state index in [0.29, 0.717) is 31.3 Å². The van der Waals surface area contributed by atoms with E-state index < -0.39 is 18.3 Å². The van der Waals surface area contributed by atoms with Crippen LogP contribution in [0.2, 0.25) is 0 Å². The standard InChI is InChI=1S/C30H25BO2S2/c1-29(2)30(3,4)33-31(32-29)19-13-14-22-24-16-18(12-15-26(24)34-27(22)17-19)20-9-7-10-23-21-8-5-6-11-25(21)35-28(20)23/h5-17H,1-4H3/i12D,13D,14D,15D,16D,17D. The maximum Gasteiger partial charge on any atom is 0.494 e. The summed E-state index contributed by atoms with van der Waals surface area (Å²) in [5.74, 6) is 0. The minimum absolute atomic E-state index is 0.000751. The second kappa shape index (κ2) is 7.41. The highest BCUT2D eigenvalue weighted by atomic mass is 32.1. The van der Waals surface area contributed by atoms with Gasteiger partial charge in [0.1, 0.15) is 0 Å². The predicted molar refractivity (Wildman–Crippen MR) is 153 cm³/mol. The number of hydrogen-bond acceptors (Lipinski definition) is 4. The molecule has 3 heterocycles. The second-order valence-corrected chi connectivity index (χ2v) is 12.0. The Morgan fingerprint density at radius 1 is 0.686 bits per heavy atom. The van der Waals surface area contributed by atoms with E-state index in [2.05, 4.69) is 6.07 Å². The van der Waals surface area contributed by atoms with Gasteiger partial charge in [-0.3, -0.25) is 0 Å². The van der Waals surface area contributed by atoms with Crippen LogP contribution in [0, 0.1) is 0 Å². The molecule has 0 N–H and O–H groups in total. The summed E-state index contributed by atoms with van der Waals surface area (Å²) in [4.78, 5) is 0. The molecule has 6 aromatic rings. The summed E-state index contributed by atoms with van der Waals surface area (Å²) < 4.78 is 69.4. The maximum atomic E-state index is 9.34. The molecule has 0 saturated carbocycles. The minimum atomic E-state index is -0.988. The van der Waals surface area contributed by atoms with Crippen LogP contribution in [-0.4, -0.2) is 18.3 Å². The molecule has 7 rings (SSSR count). The van der Waals surface area contributed by atoms with Crippen LogP contribution in [0.1, 0.15) is 35.9 Å². The lowest BCUT2D eigenvalue weighted by Gasteiger charge is -2.32. The normalized spacial score (nSPS) is 19.7. The molecule has 2 nitrogen and oxygen atoms in total. The molecule has 0 spiro atoms. The van der Waals surface area contributed by atoms with Crippen molar-refractivity contribution in [2.75, 3.05) is 0 Å². The van der Waals surface area contributed by atoms with Crippen LogP contribution < -0.4 is 5.46 Å². The monoisotopic (exact) mass is 498 g/mol. The van der Waals surface area contributed by atoms with Gasteiger partial charge >= 0.3 is 7.12 Å². The molecular formula is C30H25BO2S2. The summed E-state index contributed by atoms with van der Waals surface area (Å²) in [5, 5.41) is 2.76. The van der Waals surface area contributed by atoms with Gasteiger partial charge in [-0.1, -0.05) is 54.5 Å². The van der Waals surface area contributed by atoms with Crippen LogP contribution in [0.3, 0.4) is 0 Å². The fourth-order valence-electron chi connectivity index (χ4n) is 4.56. The summed E-state index contributed by atoms with van der Waals surface area (Å²) in [6, 6.07) is 13.5. The molecule has 0 amide bonds. The zero-order valence-corrected chi connectivity index (χ0v) is 21.4. The summed E-state index contributed by atoms with van der Waals surface area (Å²) in [6.45, 7) is 7.58. The molecule has 172 valence electrons. The summed E-state index contributed by atoms with van der Waals surface area (Å²) in [5.41, 5.74) is -0.164. The van der Waals surface area contributed by atoms with Crippen LogP contribution in [0.15, 0.2) is 78.7 Å². The third-order valence-electron chi connectivity index (χ3n) is 7.19. The van der Waals surface area contributed by atoms with Crippen molar-refractivity contribution in [1.82, 2.24) is 0 Å². The average molecular weight is 499 g/mol. The molecule has 1 saturated heterocycles. The highest BCUT2D eigenvalue weighted by molar-refractivity contribution is 7.26. The van der Waals surface area contributed by atoms with E-state index in [-0.39, 0.29) is 41.7 Å². The molecule has 5 heteroatoms. The number of thiophene rings is 2. The summed E-state index contributed by atoms with van der Waals surface area (Å²) in [7, 11) is -0.988. The van der Waals surface area contributed by atoms with Crippen LogP contribution in [-0.2, 0) is 9.31 Å². The highest BCUT2D eigenvalue weighted by Gasteiger charge is 2.51. The molecule has 1 fully saturated rings. The molecular weight excluding hydrogens is 467 g/mol. The van der Waals surface area contributed by atoms with Gasteiger partial charge in [0.2, 0.25) is 0 Å². The lowest BCUT2D eigenvalue weighted by molar-refractivity contribution is 0.00578. The molecule has 0 aliphatic carbocycles. The van der Waals surface area contributed by atoms with Crippen molar-refractivity contribution in [3.63, 3.8) is 0 Å². The molecule has 0 unspecified atom stereocenters. The Morgan fingerprint density at radius 3 is 2.29 bits per heavy atom. The highest BCUT2D eigenvalue weighted by Crippen LogP contribution is 2.42. The van der Waals surface area contributed by atoms with Gasteiger partial charge in [0.05, 0.1) is 19.4 Å². The van der Waals surface area contributed by atoms with Crippen molar-refractivity contribution < 1.29 is 17.5 Å². The molecule has 1 aliphatic rings. The molecule has 35 heavy (non-hydrogen) atoms. The molecule has 1 aliphatic heterocycles. The maximum absolute atomic E-state index is 9.34. The van der Waals surface area contributed by atoms with Crippen LogP contribution in [0.4, 0.5) is 0 Å². The van der Waals surface area contributed by atoms with Crippen molar-refractivity contribution in [1.29, 1.82) is 0 Å². The second-order valence-electron chi connectivity index (χ2n) is 9.92. The number of fused-ring (bicyclic) bond motifs is 6. The first kappa shape index (κ1) is 16.1. The number of benzene rings is 4. The largest absolute Gasteiger partial charge is 0.494 e. The van der Waals surface area contributed by atoms with Crippen LogP contribution >= 0.6 is 22.7 Å². The van der Waals surface area contributed by atoms with Gasteiger partial charge in [0.15, 0.2) is 0 Å². The first-order valence-corrected chi connectivity index (χ1v) is 13.2. The van der Waals surface area contributed by atoms with Gasteiger partial charge < -0.3 is 9.31 Å². The van der Waals surface area contributed by atoms with Crippen LogP contribution in [0.5, 0.6) is 0 Å². The zero-order chi connectivity index (χ0) is 29.2. The molecule has 0 bridgehead atoms. The van der Waals surface area contributed by atoms with Gasteiger partial charge in [-0.05, 0) is 68.5 Å². The van der Waals surface area contributed by atoms with Crippen molar-refractivity contribution in [3.05, 3.63) is 78.7 Å². The zero-order valence-electron chi connectivity index (χ0n) is 25.8. The molecule has 2 aromatic heterocycles. The van der Waals surface area contributed by atoms with Crippen molar-refractivity contribution in [3.8, 4) is 11.1 Å². The Morgan fingerprint density at radius 2 is 1.46 bits per heavy atom. The number of rotatable bonds is 2. The summed E-state index contributed by atoms with van der Waals surface area (Å²) >= 11 is 2.71. The van der Waals surface area contributed by atoms with E-state index >= 15 is 0 Å². The minimum Gasteiger partial charge on any atom is -0.399 e. The van der Waals surface area contributed by atoms with Gasteiger partial charge in [-0.15, -0.1) is 22.7 Å². The Bertz CT molecular complexity index is 2080. The number of hydrogen-bond donors (Lipinski definition) is 0. The first-order chi connectivity index (χ1) is 19.3. The van der Waals surface area contributed by atoms with E-state index in [4.69, 9.17) is 16.2 Å². The Kier molecular flexibility index (Phi) is 3.41. The van der Waals surface area contributed by atoms with E-state index in [9.17, 15) is 1.37 Å². The fourth-order valence-corrected chi connectivity index (χ4v) is 6.76. The van der Waals surface area contributed by atoms with E-state index in [1.54, 1.807) is 11.3 Å². The first-order valence-electron chi connectivity index (χ1n) is 14.6. The lowest BCUT2D eigenvalue weighted by Crippen LogP contribution is -2.41. The Labute approximate surface area is 221 Å². The SMILES string of the molecule is [2H]c1c(-c2cccc3c2sc2ccccc23)c([2H])c2c(sc3c([2H])c(B4OC(C)(C)C(C)(C)O4)c([2H])c([2H])c32)c1[2H]. The van der Waals surface area contributed by atoms with E-state index in [1.165, 1.54) is 0 Å². The predicted octanol–water partition coefficient (Wildman–Crippen LogP) is 8.39. The molecule has 0 radical (unpaired) electrons. The van der Waals surface area contributed by atoms with E-state index in [0.717, 1.165) is 31.5 Å². The topological polar surface area (TPSA) is 18.5 Å². The average Bonchev–Trinajstić information content (AvgIpc) is 3.56.